The number of aryl methyl sites for hydroxylation is 1. The molecule has 0 aliphatic carbocycles. The molecule has 0 bridgehead atoms. The monoisotopic (exact) mass is 173 g/mol. The lowest BCUT2D eigenvalue weighted by molar-refractivity contribution is 1.27. The fourth-order valence-corrected chi connectivity index (χ4v) is 1.01. The largest absolute Gasteiger partial charge is 0.374 e. The second-order valence-corrected chi connectivity index (χ2v) is 2.93. The van der Waals surface area contributed by atoms with Crippen LogP contribution >= 0.6 is 0 Å². The van der Waals surface area contributed by atoms with Gasteiger partial charge in [0.25, 0.3) is 0 Å². The van der Waals surface area contributed by atoms with Gasteiger partial charge >= 0.3 is 0 Å². The molecule has 0 fully saturated rings. The zero-order valence-electron chi connectivity index (χ0n) is 8.22. The van der Waals surface area contributed by atoms with Gasteiger partial charge in [0.15, 0.2) is 0 Å². The van der Waals surface area contributed by atoms with E-state index in [1.807, 2.05) is 0 Å². The van der Waals surface area contributed by atoms with Crippen LogP contribution in [0.4, 0.5) is 5.69 Å². The quantitative estimate of drug-likeness (QED) is 0.678. The molecule has 1 nitrogen and oxygen atoms in total. The van der Waals surface area contributed by atoms with Crippen LogP contribution in [-0.2, 0) is 0 Å². The van der Waals surface area contributed by atoms with E-state index in [0.717, 1.165) is 18.7 Å². The normalized spacial score (nSPS) is 8.77. The predicted molar refractivity (Wildman–Crippen MR) is 57.7 cm³/mol. The Morgan fingerprint density at radius 1 is 1.15 bits per heavy atom. The van der Waals surface area contributed by atoms with Crippen LogP contribution in [0, 0.1) is 18.8 Å². The number of hydrogen-bond acceptors (Lipinski definition) is 1. The molecular formula is C12H15N. The summed E-state index contributed by atoms with van der Waals surface area (Å²) in [5.74, 6) is 6.05. The summed E-state index contributed by atoms with van der Waals surface area (Å²) in [5, 5.41) is 3.23. The van der Waals surface area contributed by atoms with Gasteiger partial charge in [-0.05, 0) is 19.1 Å². The molecule has 1 N–H and O–H groups in total. The van der Waals surface area contributed by atoms with Crippen molar-refractivity contribution in [1.29, 1.82) is 0 Å². The van der Waals surface area contributed by atoms with Crippen LogP contribution in [0.25, 0.3) is 0 Å². The van der Waals surface area contributed by atoms with E-state index >= 15 is 0 Å². The van der Waals surface area contributed by atoms with Gasteiger partial charge in [-0.25, -0.2) is 0 Å². The minimum Gasteiger partial charge on any atom is -0.374 e. The van der Waals surface area contributed by atoms with Crippen molar-refractivity contribution in [1.82, 2.24) is 0 Å². The van der Waals surface area contributed by atoms with Crippen molar-refractivity contribution >= 4 is 5.69 Å². The maximum atomic E-state index is 3.23. The van der Waals surface area contributed by atoms with Gasteiger partial charge in [-0.3, -0.25) is 0 Å². The smallest absolute Gasteiger partial charge is 0.0765 e. The van der Waals surface area contributed by atoms with Crippen LogP contribution in [0.3, 0.4) is 0 Å². The first kappa shape index (κ1) is 9.67. The Morgan fingerprint density at radius 2 is 1.85 bits per heavy atom. The molecule has 1 rings (SSSR count). The van der Waals surface area contributed by atoms with Crippen molar-refractivity contribution in [3.8, 4) is 11.8 Å². The molecule has 0 aliphatic heterocycles. The van der Waals surface area contributed by atoms with E-state index in [9.17, 15) is 0 Å². The van der Waals surface area contributed by atoms with Gasteiger partial charge in [-0.15, -0.1) is 5.92 Å². The molecule has 13 heavy (non-hydrogen) atoms. The lowest BCUT2D eigenvalue weighted by atomic mass is 10.2. The molecule has 1 aromatic rings. The topological polar surface area (TPSA) is 12.0 Å². The first-order valence-electron chi connectivity index (χ1n) is 4.59. The van der Waals surface area contributed by atoms with E-state index in [1.165, 1.54) is 5.56 Å². The Bertz CT molecular complexity index is 300. The standard InChI is InChI=1S/C12H15N/c1-3-4-5-10-13-12-8-6-11(2)7-9-12/h6-9,13H,3,10H2,1-2H3. The summed E-state index contributed by atoms with van der Waals surface area (Å²) in [5.41, 5.74) is 2.42. The third-order valence-electron chi connectivity index (χ3n) is 1.73. The molecule has 0 amide bonds. The zero-order chi connectivity index (χ0) is 9.52. The lowest BCUT2D eigenvalue weighted by Crippen LogP contribution is -1.97. The summed E-state index contributed by atoms with van der Waals surface area (Å²) < 4.78 is 0. The summed E-state index contributed by atoms with van der Waals surface area (Å²) in [4.78, 5) is 0. The molecule has 0 heterocycles. The highest BCUT2D eigenvalue weighted by atomic mass is 14.8. The fraction of sp³-hybridized carbons (Fsp3) is 0.333. The van der Waals surface area contributed by atoms with E-state index < -0.39 is 0 Å². The van der Waals surface area contributed by atoms with Crippen LogP contribution in [0.15, 0.2) is 24.3 Å². The Labute approximate surface area is 80.2 Å². The van der Waals surface area contributed by atoms with Crippen LogP contribution in [0.2, 0.25) is 0 Å². The van der Waals surface area contributed by atoms with E-state index in [1.54, 1.807) is 0 Å². The van der Waals surface area contributed by atoms with Crippen molar-refractivity contribution in [2.24, 2.45) is 0 Å². The van der Waals surface area contributed by atoms with Crippen LogP contribution in [0.1, 0.15) is 18.9 Å². The number of hydrogen-bond donors (Lipinski definition) is 1. The maximum Gasteiger partial charge on any atom is 0.0765 e. The molecule has 0 unspecified atom stereocenters. The summed E-state index contributed by atoms with van der Waals surface area (Å²) in [6, 6.07) is 8.33. The minimum absolute atomic E-state index is 0.733. The van der Waals surface area contributed by atoms with E-state index in [-0.39, 0.29) is 0 Å². The maximum absolute atomic E-state index is 3.23. The van der Waals surface area contributed by atoms with Crippen LogP contribution in [-0.4, -0.2) is 6.54 Å². The molecule has 0 aromatic heterocycles. The minimum atomic E-state index is 0.733. The van der Waals surface area contributed by atoms with E-state index in [0.29, 0.717) is 0 Å². The molecule has 1 heteroatoms. The van der Waals surface area contributed by atoms with Crippen molar-refractivity contribution in [3.05, 3.63) is 29.8 Å². The van der Waals surface area contributed by atoms with Gasteiger partial charge in [0.1, 0.15) is 0 Å². The first-order valence-corrected chi connectivity index (χ1v) is 4.59. The van der Waals surface area contributed by atoms with Gasteiger partial charge in [0.05, 0.1) is 6.54 Å². The highest BCUT2D eigenvalue weighted by Crippen LogP contribution is 2.07. The van der Waals surface area contributed by atoms with Gasteiger partial charge in [0, 0.05) is 12.1 Å². The Kier molecular flexibility index (Phi) is 3.92. The molecule has 0 saturated heterocycles. The fourth-order valence-electron chi connectivity index (χ4n) is 1.01. The number of nitrogens with one attached hydrogen (secondary N) is 1. The van der Waals surface area contributed by atoms with Gasteiger partial charge in [-0.1, -0.05) is 30.5 Å². The number of rotatable bonds is 2. The Balaban J connectivity index is 2.41. The van der Waals surface area contributed by atoms with Gasteiger partial charge < -0.3 is 5.32 Å². The van der Waals surface area contributed by atoms with Crippen LogP contribution in [0.5, 0.6) is 0 Å². The first-order chi connectivity index (χ1) is 6.33. The van der Waals surface area contributed by atoms with Crippen molar-refractivity contribution in [2.75, 3.05) is 11.9 Å². The molecule has 0 radical (unpaired) electrons. The SMILES string of the molecule is CCC#CCNc1ccc(C)cc1. The predicted octanol–water partition coefficient (Wildman–Crippen LogP) is 2.82. The molecule has 68 valence electrons. The summed E-state index contributed by atoms with van der Waals surface area (Å²) in [7, 11) is 0. The highest BCUT2D eigenvalue weighted by molar-refractivity contribution is 5.45. The zero-order valence-corrected chi connectivity index (χ0v) is 8.22. The average molecular weight is 173 g/mol. The second-order valence-electron chi connectivity index (χ2n) is 2.93. The molecular weight excluding hydrogens is 158 g/mol. The Hall–Kier alpha value is -1.42. The van der Waals surface area contributed by atoms with E-state index in [2.05, 4.69) is 55.3 Å². The summed E-state index contributed by atoms with van der Waals surface area (Å²) in [6.45, 7) is 4.87. The van der Waals surface area contributed by atoms with E-state index in [4.69, 9.17) is 0 Å². The molecule has 0 aliphatic rings. The lowest BCUT2D eigenvalue weighted by Gasteiger charge is -2.01. The second kappa shape index (κ2) is 5.27. The van der Waals surface area contributed by atoms with Gasteiger partial charge in [0.2, 0.25) is 0 Å². The van der Waals surface area contributed by atoms with Crippen molar-refractivity contribution in [2.45, 2.75) is 20.3 Å². The van der Waals surface area contributed by atoms with Crippen molar-refractivity contribution < 1.29 is 0 Å². The molecule has 0 saturated carbocycles. The number of benzene rings is 1. The third-order valence-corrected chi connectivity index (χ3v) is 1.73. The van der Waals surface area contributed by atoms with Gasteiger partial charge in [-0.2, -0.15) is 0 Å². The van der Waals surface area contributed by atoms with Crippen LogP contribution < -0.4 is 5.32 Å². The molecule has 0 spiro atoms. The summed E-state index contributed by atoms with van der Waals surface area (Å²) >= 11 is 0. The summed E-state index contributed by atoms with van der Waals surface area (Å²) in [6.07, 6.45) is 0.926. The Morgan fingerprint density at radius 3 is 2.46 bits per heavy atom. The number of anilines is 1. The molecule has 1 aromatic carbocycles. The third kappa shape index (κ3) is 3.66. The molecule has 0 atom stereocenters. The highest BCUT2D eigenvalue weighted by Gasteiger charge is 1.87. The van der Waals surface area contributed by atoms with Crippen molar-refractivity contribution in [3.63, 3.8) is 0 Å². The average Bonchev–Trinajstić information content (AvgIpc) is 2.15.